The van der Waals surface area contributed by atoms with Crippen molar-refractivity contribution < 1.29 is 18.0 Å². The molecule has 3 aromatic rings. The van der Waals surface area contributed by atoms with E-state index in [1.54, 1.807) is 6.07 Å². The van der Waals surface area contributed by atoms with E-state index in [9.17, 15) is 18.0 Å². The van der Waals surface area contributed by atoms with Gasteiger partial charge in [0.15, 0.2) is 28.9 Å². The standard InChI is InChI=1S/C16H12BF3N4O/c1-7(2)16-22-21-13-4-3-12(23-24(13)16)14(17)15(25)8-5-10(19)11(20)6-9(8)18/h3-7,14H,1-2H3. The Bertz CT molecular complexity index is 973. The first-order chi connectivity index (χ1) is 11.8. The summed E-state index contributed by atoms with van der Waals surface area (Å²) in [6, 6.07) is 3.82. The largest absolute Gasteiger partial charge is 0.294 e. The lowest BCUT2D eigenvalue weighted by atomic mass is 9.78. The highest BCUT2D eigenvalue weighted by molar-refractivity contribution is 6.28. The zero-order valence-corrected chi connectivity index (χ0v) is 13.4. The van der Waals surface area contributed by atoms with Crippen LogP contribution in [0.3, 0.4) is 0 Å². The third-order valence-electron chi connectivity index (χ3n) is 3.70. The summed E-state index contributed by atoms with van der Waals surface area (Å²) >= 11 is 0. The number of carbonyl (C=O) groups excluding carboxylic acids is 1. The number of benzene rings is 1. The highest BCUT2D eigenvalue weighted by Gasteiger charge is 2.24. The molecule has 0 N–H and O–H groups in total. The highest BCUT2D eigenvalue weighted by atomic mass is 19.2. The van der Waals surface area contributed by atoms with Gasteiger partial charge < -0.3 is 0 Å². The summed E-state index contributed by atoms with van der Waals surface area (Å²) in [6.07, 6.45) is 0. The van der Waals surface area contributed by atoms with Gasteiger partial charge in [0.1, 0.15) is 5.82 Å². The summed E-state index contributed by atoms with van der Waals surface area (Å²) in [7, 11) is 5.86. The van der Waals surface area contributed by atoms with Gasteiger partial charge in [0.25, 0.3) is 0 Å². The fraction of sp³-hybridized carbons (Fsp3) is 0.250. The van der Waals surface area contributed by atoms with E-state index in [0.29, 0.717) is 23.6 Å². The average molecular weight is 344 g/mol. The van der Waals surface area contributed by atoms with Gasteiger partial charge in [-0.3, -0.25) is 4.79 Å². The molecule has 0 fully saturated rings. The fourth-order valence-electron chi connectivity index (χ4n) is 2.36. The predicted molar refractivity (Wildman–Crippen MR) is 84.0 cm³/mol. The highest BCUT2D eigenvalue weighted by Crippen LogP contribution is 2.22. The van der Waals surface area contributed by atoms with Gasteiger partial charge in [-0.2, -0.15) is 9.61 Å². The molecular weight excluding hydrogens is 332 g/mol. The van der Waals surface area contributed by atoms with Crippen molar-refractivity contribution in [1.82, 2.24) is 19.8 Å². The van der Waals surface area contributed by atoms with Crippen LogP contribution in [0.15, 0.2) is 24.3 Å². The minimum Gasteiger partial charge on any atom is -0.294 e. The van der Waals surface area contributed by atoms with E-state index < -0.39 is 34.6 Å². The van der Waals surface area contributed by atoms with E-state index in [0.717, 1.165) is 0 Å². The molecule has 0 amide bonds. The van der Waals surface area contributed by atoms with Crippen LogP contribution in [0.25, 0.3) is 5.65 Å². The van der Waals surface area contributed by atoms with Crippen molar-refractivity contribution in [2.75, 3.05) is 0 Å². The van der Waals surface area contributed by atoms with Crippen LogP contribution in [0.1, 0.15) is 47.5 Å². The van der Waals surface area contributed by atoms with Crippen LogP contribution in [-0.4, -0.2) is 33.4 Å². The van der Waals surface area contributed by atoms with Crippen LogP contribution in [0.4, 0.5) is 13.2 Å². The van der Waals surface area contributed by atoms with E-state index in [-0.39, 0.29) is 11.6 Å². The van der Waals surface area contributed by atoms with Crippen LogP contribution in [-0.2, 0) is 0 Å². The van der Waals surface area contributed by atoms with Crippen molar-refractivity contribution in [3.63, 3.8) is 0 Å². The van der Waals surface area contributed by atoms with E-state index in [4.69, 9.17) is 7.85 Å². The molecule has 0 spiro atoms. The van der Waals surface area contributed by atoms with Crippen LogP contribution in [0, 0.1) is 17.5 Å². The molecule has 0 aliphatic rings. The van der Waals surface area contributed by atoms with Crippen molar-refractivity contribution in [3.05, 3.63) is 58.8 Å². The summed E-state index contributed by atoms with van der Waals surface area (Å²) in [5, 5.41) is 12.2. The maximum Gasteiger partial charge on any atom is 0.177 e. The number of carbonyl (C=O) groups is 1. The Hall–Kier alpha value is -2.71. The van der Waals surface area contributed by atoms with Crippen LogP contribution in [0.5, 0.6) is 0 Å². The molecule has 2 aromatic heterocycles. The number of aromatic nitrogens is 4. The lowest BCUT2D eigenvalue weighted by Gasteiger charge is -2.12. The molecule has 0 saturated carbocycles. The Labute approximate surface area is 142 Å². The Balaban J connectivity index is 2.01. The van der Waals surface area contributed by atoms with Crippen molar-refractivity contribution in [2.24, 2.45) is 0 Å². The van der Waals surface area contributed by atoms with E-state index >= 15 is 0 Å². The molecule has 1 atom stereocenters. The van der Waals surface area contributed by atoms with Crippen LogP contribution >= 0.6 is 0 Å². The van der Waals surface area contributed by atoms with Gasteiger partial charge in [0.2, 0.25) is 0 Å². The van der Waals surface area contributed by atoms with Crippen LogP contribution < -0.4 is 0 Å². The average Bonchev–Trinajstić information content (AvgIpc) is 3.00. The van der Waals surface area contributed by atoms with E-state index in [1.165, 1.54) is 10.6 Å². The van der Waals surface area contributed by atoms with Crippen molar-refractivity contribution in [2.45, 2.75) is 25.6 Å². The number of nitrogens with zero attached hydrogens (tertiary/aromatic N) is 4. The summed E-state index contributed by atoms with van der Waals surface area (Å²) in [5.74, 6) is -5.58. The van der Waals surface area contributed by atoms with E-state index in [2.05, 4.69) is 15.3 Å². The smallest absolute Gasteiger partial charge is 0.177 e. The number of ketones is 1. The predicted octanol–water partition coefficient (Wildman–Crippen LogP) is 2.76. The molecule has 2 heterocycles. The maximum atomic E-state index is 13.8. The van der Waals surface area contributed by atoms with Crippen LogP contribution in [0.2, 0.25) is 0 Å². The van der Waals surface area contributed by atoms with Crippen molar-refractivity contribution in [3.8, 4) is 0 Å². The summed E-state index contributed by atoms with van der Waals surface area (Å²) in [5.41, 5.74) is -0.0458. The first kappa shape index (κ1) is 17.1. The number of rotatable bonds is 4. The lowest BCUT2D eigenvalue weighted by Crippen LogP contribution is -2.18. The molecule has 0 bridgehead atoms. The first-order valence-corrected chi connectivity index (χ1v) is 7.46. The molecule has 3 rings (SSSR count). The summed E-state index contributed by atoms with van der Waals surface area (Å²) < 4.78 is 41.6. The number of halogens is 3. The number of hydrogen-bond donors (Lipinski definition) is 0. The second-order valence-electron chi connectivity index (χ2n) is 5.83. The lowest BCUT2D eigenvalue weighted by molar-refractivity contribution is 0.0980. The zero-order valence-electron chi connectivity index (χ0n) is 13.4. The van der Waals surface area contributed by atoms with Gasteiger partial charge in [-0.15, -0.1) is 10.2 Å². The van der Waals surface area contributed by atoms with Gasteiger partial charge in [-0.1, -0.05) is 13.8 Å². The van der Waals surface area contributed by atoms with Gasteiger partial charge in [-0.25, -0.2) is 13.2 Å². The third kappa shape index (κ3) is 3.01. The van der Waals surface area contributed by atoms with Crippen molar-refractivity contribution >= 4 is 19.3 Å². The Morgan fingerprint density at radius 1 is 1.08 bits per heavy atom. The van der Waals surface area contributed by atoms with Gasteiger partial charge in [0.05, 0.1) is 19.1 Å². The normalized spacial score (nSPS) is 12.7. The second-order valence-corrected chi connectivity index (χ2v) is 5.83. The number of hydrogen-bond acceptors (Lipinski definition) is 4. The SMILES string of the molecule is [B]C(C(=O)c1cc(F)c(F)cc1F)c1ccc2nnc(C(C)C)n2n1. The molecule has 0 aliphatic carbocycles. The number of Topliss-reactive ketones (excluding diaryl/α,β-unsaturated/α-hetero) is 1. The quantitative estimate of drug-likeness (QED) is 0.415. The molecule has 9 heteroatoms. The first-order valence-electron chi connectivity index (χ1n) is 7.46. The van der Waals surface area contributed by atoms with Gasteiger partial charge >= 0.3 is 0 Å². The minimum atomic E-state index is -1.38. The Morgan fingerprint density at radius 3 is 2.44 bits per heavy atom. The van der Waals surface area contributed by atoms with Crippen molar-refractivity contribution in [1.29, 1.82) is 0 Å². The number of fused-ring (bicyclic) bond motifs is 1. The monoisotopic (exact) mass is 344 g/mol. The second kappa shape index (κ2) is 6.31. The Morgan fingerprint density at radius 2 is 1.76 bits per heavy atom. The molecular formula is C16H12BF3N4O. The van der Waals surface area contributed by atoms with Gasteiger partial charge in [0, 0.05) is 17.8 Å². The molecule has 126 valence electrons. The minimum absolute atomic E-state index is 0.0216. The molecule has 0 saturated heterocycles. The molecule has 25 heavy (non-hydrogen) atoms. The third-order valence-corrected chi connectivity index (χ3v) is 3.70. The molecule has 5 nitrogen and oxygen atoms in total. The van der Waals surface area contributed by atoms with Gasteiger partial charge in [-0.05, 0) is 18.2 Å². The summed E-state index contributed by atoms with van der Waals surface area (Å²) in [6.45, 7) is 3.79. The Kier molecular flexibility index (Phi) is 4.32. The molecule has 0 aliphatic heterocycles. The zero-order chi connectivity index (χ0) is 18.3. The fourth-order valence-corrected chi connectivity index (χ4v) is 2.36. The maximum absolute atomic E-state index is 13.8. The molecule has 1 unspecified atom stereocenters. The molecule has 2 radical (unpaired) electrons. The topological polar surface area (TPSA) is 60.2 Å². The summed E-state index contributed by atoms with van der Waals surface area (Å²) in [4.78, 5) is 12.4. The van der Waals surface area contributed by atoms with E-state index in [1.807, 2.05) is 13.8 Å². The molecule has 1 aromatic carbocycles.